The van der Waals surface area contributed by atoms with Crippen molar-refractivity contribution in [3.05, 3.63) is 51.2 Å². The number of hydrogen-bond acceptors (Lipinski definition) is 4. The Morgan fingerprint density at radius 2 is 2.05 bits per heavy atom. The van der Waals surface area contributed by atoms with E-state index in [4.69, 9.17) is 16.3 Å². The molecule has 1 N–H and O–H groups in total. The lowest BCUT2D eigenvalue weighted by Crippen LogP contribution is -2.02. The van der Waals surface area contributed by atoms with E-state index in [1.165, 1.54) is 18.2 Å². The fourth-order valence-electron chi connectivity index (χ4n) is 2.31. The summed E-state index contributed by atoms with van der Waals surface area (Å²) in [5.41, 5.74) is 0.250. The van der Waals surface area contributed by atoms with E-state index >= 15 is 0 Å². The number of hydrogen-bond donors (Lipinski definition) is 1. The lowest BCUT2D eigenvalue weighted by atomic mass is 10.1. The molecule has 0 radical (unpaired) electrons. The normalized spacial score (nSPS) is 19.0. The smallest absolute Gasteiger partial charge is 0.181 e. The van der Waals surface area contributed by atoms with Crippen LogP contribution in [0.1, 0.15) is 11.7 Å². The molecule has 0 bridgehead atoms. The highest BCUT2D eigenvalue weighted by Crippen LogP contribution is 2.44. The van der Waals surface area contributed by atoms with Gasteiger partial charge in [-0.3, -0.25) is 0 Å². The summed E-state index contributed by atoms with van der Waals surface area (Å²) < 4.78 is 42.9. The van der Waals surface area contributed by atoms with Crippen molar-refractivity contribution >= 4 is 37.4 Å². The largest absolute Gasteiger partial charge is 0.456 e. The van der Waals surface area contributed by atoms with E-state index in [9.17, 15) is 17.9 Å². The average molecular weight is 408 g/mol. The number of sulfone groups is 1. The Balaban J connectivity index is 2.05. The lowest BCUT2D eigenvalue weighted by Gasteiger charge is -2.12. The first-order valence-corrected chi connectivity index (χ1v) is 8.97. The van der Waals surface area contributed by atoms with Gasteiger partial charge in [-0.05, 0) is 40.2 Å². The maximum atomic E-state index is 13.3. The minimum absolute atomic E-state index is 0.0662. The van der Waals surface area contributed by atoms with Crippen molar-refractivity contribution in [2.45, 2.75) is 11.0 Å². The summed E-state index contributed by atoms with van der Waals surface area (Å²) in [6.45, 7) is 0. The molecule has 0 saturated carbocycles. The molecule has 0 saturated heterocycles. The molecule has 2 aromatic carbocycles. The third kappa shape index (κ3) is 2.74. The summed E-state index contributed by atoms with van der Waals surface area (Å²) in [6.07, 6.45) is -1.13. The maximum Gasteiger partial charge on any atom is 0.181 e. The molecular weight excluding hydrogens is 399 g/mol. The first-order chi connectivity index (χ1) is 10.3. The molecule has 0 unspecified atom stereocenters. The average Bonchev–Trinajstić information content (AvgIpc) is 2.62. The van der Waals surface area contributed by atoms with Crippen molar-refractivity contribution in [1.29, 1.82) is 0 Å². The van der Waals surface area contributed by atoms with Crippen molar-refractivity contribution < 1.29 is 22.7 Å². The van der Waals surface area contributed by atoms with Crippen molar-refractivity contribution in [2.24, 2.45) is 0 Å². The fourth-order valence-corrected chi connectivity index (χ4v) is 4.96. The topological polar surface area (TPSA) is 63.6 Å². The van der Waals surface area contributed by atoms with Crippen LogP contribution in [0.5, 0.6) is 11.5 Å². The van der Waals surface area contributed by atoms with E-state index in [1.807, 2.05) is 0 Å². The van der Waals surface area contributed by atoms with Crippen LogP contribution in [0.3, 0.4) is 0 Å². The van der Waals surface area contributed by atoms with Crippen LogP contribution in [-0.4, -0.2) is 19.3 Å². The van der Waals surface area contributed by atoms with Crippen LogP contribution < -0.4 is 4.74 Å². The monoisotopic (exact) mass is 406 g/mol. The standard InChI is InChI=1S/C14H9BrClFO4S/c15-14-11(21-9-4-7(16)3-8(17)5-9)1-2-12-13(14)10(18)6-22(12,19)20/h1-5,10,18H,6H2/t10-/m0/s1. The molecule has 2 aromatic rings. The summed E-state index contributed by atoms with van der Waals surface area (Å²) in [4.78, 5) is 0.0662. The molecule has 0 aromatic heterocycles. The first kappa shape index (κ1) is 15.7. The zero-order valence-corrected chi connectivity index (χ0v) is 14.0. The third-order valence-corrected chi connectivity index (χ3v) is 6.03. The van der Waals surface area contributed by atoms with E-state index in [-0.39, 0.29) is 32.7 Å². The van der Waals surface area contributed by atoms with Gasteiger partial charge >= 0.3 is 0 Å². The molecule has 1 atom stereocenters. The van der Waals surface area contributed by atoms with Gasteiger partial charge in [0.05, 0.1) is 21.2 Å². The van der Waals surface area contributed by atoms with E-state index < -0.39 is 21.8 Å². The Kier molecular flexibility index (Phi) is 3.92. The van der Waals surface area contributed by atoms with Gasteiger partial charge in [0.1, 0.15) is 17.3 Å². The van der Waals surface area contributed by atoms with Crippen LogP contribution >= 0.6 is 27.5 Å². The summed E-state index contributed by atoms with van der Waals surface area (Å²) >= 11 is 9.00. The Hall–Kier alpha value is -1.15. The molecule has 0 amide bonds. The number of ether oxygens (including phenoxy) is 1. The zero-order valence-electron chi connectivity index (χ0n) is 10.9. The minimum atomic E-state index is -3.50. The fraction of sp³-hybridized carbons (Fsp3) is 0.143. The molecule has 22 heavy (non-hydrogen) atoms. The maximum absolute atomic E-state index is 13.3. The summed E-state index contributed by atoms with van der Waals surface area (Å²) in [7, 11) is -3.50. The molecule has 1 aliphatic heterocycles. The van der Waals surface area contributed by atoms with Gasteiger partial charge in [-0.15, -0.1) is 0 Å². The van der Waals surface area contributed by atoms with Gasteiger partial charge in [0.15, 0.2) is 9.84 Å². The van der Waals surface area contributed by atoms with Crippen LogP contribution in [0.15, 0.2) is 39.7 Å². The quantitative estimate of drug-likeness (QED) is 0.821. The van der Waals surface area contributed by atoms with Crippen LogP contribution in [0.25, 0.3) is 0 Å². The highest BCUT2D eigenvalue weighted by molar-refractivity contribution is 9.10. The number of aliphatic hydroxyl groups is 1. The Bertz CT molecular complexity index is 849. The SMILES string of the molecule is O=S1(=O)C[C@H](O)c2c1ccc(Oc1cc(F)cc(Cl)c1)c2Br. The predicted octanol–water partition coefficient (Wildman–Crippen LogP) is 3.85. The Labute approximate surface area is 139 Å². The molecule has 8 heteroatoms. The van der Waals surface area contributed by atoms with E-state index in [1.54, 1.807) is 0 Å². The second kappa shape index (κ2) is 5.49. The molecular formula is C14H9BrClFO4S. The lowest BCUT2D eigenvalue weighted by molar-refractivity contribution is 0.203. The molecule has 0 fully saturated rings. The number of benzene rings is 2. The predicted molar refractivity (Wildman–Crippen MR) is 82.6 cm³/mol. The van der Waals surface area contributed by atoms with E-state index in [0.717, 1.165) is 12.1 Å². The van der Waals surface area contributed by atoms with E-state index in [0.29, 0.717) is 4.47 Å². The number of fused-ring (bicyclic) bond motifs is 1. The second-order valence-electron chi connectivity index (χ2n) is 4.79. The van der Waals surface area contributed by atoms with Gasteiger partial charge in [-0.25, -0.2) is 12.8 Å². The highest BCUT2D eigenvalue weighted by atomic mass is 79.9. The van der Waals surface area contributed by atoms with Gasteiger partial charge in [-0.2, -0.15) is 0 Å². The van der Waals surface area contributed by atoms with E-state index in [2.05, 4.69) is 15.9 Å². The molecule has 116 valence electrons. The van der Waals surface area contributed by atoms with Gasteiger partial charge in [0.25, 0.3) is 0 Å². The molecule has 0 aliphatic carbocycles. The van der Waals surface area contributed by atoms with Crippen molar-refractivity contribution in [1.82, 2.24) is 0 Å². The van der Waals surface area contributed by atoms with Gasteiger partial charge in [0.2, 0.25) is 0 Å². The number of aliphatic hydroxyl groups excluding tert-OH is 1. The van der Waals surface area contributed by atoms with Crippen molar-refractivity contribution in [3.63, 3.8) is 0 Å². The number of rotatable bonds is 2. The second-order valence-corrected chi connectivity index (χ2v) is 8.03. The molecule has 0 spiro atoms. The van der Waals surface area contributed by atoms with Crippen LogP contribution in [0, 0.1) is 5.82 Å². The molecule has 1 heterocycles. The molecule has 4 nitrogen and oxygen atoms in total. The summed E-state index contributed by atoms with van der Waals surface area (Å²) in [6, 6.07) is 6.53. The van der Waals surface area contributed by atoms with Crippen LogP contribution in [0.4, 0.5) is 4.39 Å². The molecule has 1 aliphatic rings. The van der Waals surface area contributed by atoms with Gasteiger partial charge < -0.3 is 9.84 Å². The first-order valence-electron chi connectivity index (χ1n) is 6.15. The van der Waals surface area contributed by atoms with Crippen molar-refractivity contribution in [3.8, 4) is 11.5 Å². The Morgan fingerprint density at radius 3 is 2.73 bits per heavy atom. The molecule has 3 rings (SSSR count). The van der Waals surface area contributed by atoms with Crippen LogP contribution in [0.2, 0.25) is 5.02 Å². The Morgan fingerprint density at radius 1 is 1.32 bits per heavy atom. The zero-order chi connectivity index (χ0) is 16.1. The summed E-state index contributed by atoms with van der Waals surface area (Å²) in [5, 5.41) is 10.1. The highest BCUT2D eigenvalue weighted by Gasteiger charge is 2.36. The van der Waals surface area contributed by atoms with Gasteiger partial charge in [-0.1, -0.05) is 11.6 Å². The van der Waals surface area contributed by atoms with Crippen LogP contribution in [-0.2, 0) is 9.84 Å². The van der Waals surface area contributed by atoms with Crippen molar-refractivity contribution in [2.75, 3.05) is 5.75 Å². The third-order valence-electron chi connectivity index (χ3n) is 3.21. The van der Waals surface area contributed by atoms with Gasteiger partial charge in [0, 0.05) is 16.7 Å². The summed E-state index contributed by atoms with van der Waals surface area (Å²) in [5.74, 6) is -0.490. The minimum Gasteiger partial charge on any atom is -0.456 e. The number of halogens is 3.